The number of benzene rings is 2. The summed E-state index contributed by atoms with van der Waals surface area (Å²) in [6, 6.07) is 9.75. The van der Waals surface area contributed by atoms with Gasteiger partial charge in [-0.2, -0.15) is 92.2 Å². The predicted octanol–water partition coefficient (Wildman–Crippen LogP) is 10.4. The first-order valence-corrected chi connectivity index (χ1v) is 11.1. The first-order chi connectivity index (χ1) is 19.8. The van der Waals surface area contributed by atoms with Gasteiger partial charge in [-0.1, -0.05) is 60.7 Å². The SMILES string of the molecule is FC(F)(F)C(F)(F)C(F)(F)C(F)(F)C(F)(F)C(F)(F)C(F)(F)C(F)(F)C(F)(F)C(F)(F)C=C(c1ccccc1)c1ccccc1. The molecular formula is C24H11F21. The molecule has 21 heteroatoms. The van der Waals surface area contributed by atoms with Crippen LogP contribution >= 0.6 is 0 Å². The minimum absolute atomic E-state index is 0.585. The second-order valence-corrected chi connectivity index (χ2v) is 9.01. The van der Waals surface area contributed by atoms with Gasteiger partial charge in [0.05, 0.1) is 0 Å². The van der Waals surface area contributed by atoms with Gasteiger partial charge in [0.2, 0.25) is 0 Å². The van der Waals surface area contributed by atoms with E-state index in [1.54, 1.807) is 0 Å². The van der Waals surface area contributed by atoms with Gasteiger partial charge in [-0.25, -0.2) is 0 Å². The summed E-state index contributed by atoms with van der Waals surface area (Å²) in [7, 11) is 0. The number of alkyl halides is 21. The molecule has 0 bridgehead atoms. The average molecular weight is 698 g/mol. The Morgan fingerprint density at radius 3 is 0.844 bits per heavy atom. The van der Waals surface area contributed by atoms with E-state index in [4.69, 9.17) is 0 Å². The molecule has 0 N–H and O–H groups in total. The van der Waals surface area contributed by atoms with E-state index in [1.165, 1.54) is 12.1 Å². The minimum Gasteiger partial charge on any atom is -0.195 e. The van der Waals surface area contributed by atoms with Crippen molar-refractivity contribution < 1.29 is 92.2 Å². The second-order valence-electron chi connectivity index (χ2n) is 9.01. The Balaban J connectivity index is 2.77. The number of hydrogen-bond acceptors (Lipinski definition) is 0. The Kier molecular flexibility index (Phi) is 9.19. The Morgan fingerprint density at radius 2 is 0.578 bits per heavy atom. The summed E-state index contributed by atoms with van der Waals surface area (Å²) >= 11 is 0. The molecule has 0 atom stereocenters. The first-order valence-electron chi connectivity index (χ1n) is 11.1. The molecule has 0 saturated carbocycles. The average Bonchev–Trinajstić information content (AvgIpc) is 2.91. The number of halogens is 21. The Morgan fingerprint density at radius 1 is 0.333 bits per heavy atom. The molecule has 0 fully saturated rings. The highest BCUT2D eigenvalue weighted by atomic mass is 19.4. The third-order valence-electron chi connectivity index (χ3n) is 6.03. The van der Waals surface area contributed by atoms with Crippen LogP contribution in [0.4, 0.5) is 92.2 Å². The number of allylic oxidation sites excluding steroid dienone is 1. The van der Waals surface area contributed by atoms with Gasteiger partial charge >= 0.3 is 59.5 Å². The monoisotopic (exact) mass is 698 g/mol. The molecule has 2 rings (SSSR count). The Bertz CT molecular complexity index is 1310. The van der Waals surface area contributed by atoms with Crippen LogP contribution < -0.4 is 0 Å². The fraction of sp³-hybridized carbons (Fsp3) is 0.417. The van der Waals surface area contributed by atoms with Gasteiger partial charge in [0.1, 0.15) is 0 Å². The lowest BCUT2D eigenvalue weighted by molar-refractivity contribution is -0.473. The van der Waals surface area contributed by atoms with Gasteiger partial charge < -0.3 is 0 Å². The first kappa shape index (κ1) is 37.9. The van der Waals surface area contributed by atoms with Crippen molar-refractivity contribution >= 4 is 5.57 Å². The van der Waals surface area contributed by atoms with Crippen molar-refractivity contribution in [1.29, 1.82) is 0 Å². The number of rotatable bonds is 11. The highest BCUT2D eigenvalue weighted by molar-refractivity contribution is 5.80. The zero-order valence-corrected chi connectivity index (χ0v) is 20.8. The molecule has 254 valence electrons. The molecule has 0 aliphatic carbocycles. The molecule has 0 saturated heterocycles. The maximum atomic E-state index is 14.7. The fourth-order valence-corrected chi connectivity index (χ4v) is 3.41. The summed E-state index contributed by atoms with van der Waals surface area (Å²) in [4.78, 5) is 0. The Hall–Kier alpha value is -3.29. The molecule has 0 heterocycles. The molecule has 0 aliphatic rings. The second kappa shape index (κ2) is 10.9. The molecular weight excluding hydrogens is 687 g/mol. The molecule has 45 heavy (non-hydrogen) atoms. The summed E-state index contributed by atoms with van der Waals surface area (Å²) in [5.74, 6) is -77.4. The van der Waals surface area contributed by atoms with Crippen LogP contribution in [0, 0.1) is 0 Å². The summed E-state index contributed by atoms with van der Waals surface area (Å²) in [6.07, 6.45) is -9.26. The van der Waals surface area contributed by atoms with E-state index < -0.39 is 82.3 Å². The maximum Gasteiger partial charge on any atom is 0.460 e. The molecule has 0 unspecified atom stereocenters. The topological polar surface area (TPSA) is 0 Å². The molecule has 0 aromatic heterocycles. The van der Waals surface area contributed by atoms with Crippen LogP contribution in [0.2, 0.25) is 0 Å². The van der Waals surface area contributed by atoms with E-state index in [1.807, 2.05) is 0 Å². The van der Waals surface area contributed by atoms with Crippen molar-refractivity contribution in [3.63, 3.8) is 0 Å². The van der Waals surface area contributed by atoms with Gasteiger partial charge in [-0.3, -0.25) is 0 Å². The lowest BCUT2D eigenvalue weighted by atomic mass is 9.85. The maximum absolute atomic E-state index is 14.7. The van der Waals surface area contributed by atoms with Crippen LogP contribution in [0.3, 0.4) is 0 Å². The van der Waals surface area contributed by atoms with E-state index >= 15 is 0 Å². The zero-order valence-electron chi connectivity index (χ0n) is 20.8. The minimum atomic E-state index is -9.20. The van der Waals surface area contributed by atoms with Crippen LogP contribution in [0.5, 0.6) is 0 Å². The third-order valence-corrected chi connectivity index (χ3v) is 6.03. The molecule has 0 aliphatic heterocycles. The van der Waals surface area contributed by atoms with Gasteiger partial charge in [0.15, 0.2) is 0 Å². The van der Waals surface area contributed by atoms with Crippen molar-refractivity contribution in [1.82, 2.24) is 0 Å². The standard InChI is InChI=1S/C24H11F21/c25-15(26,11-14(12-7-3-1-4-8-12)13-9-5-2-6-10-13)16(27,28)17(29,30)18(31,32)19(33,34)20(35,36)21(37,38)22(39,40)23(41,42)24(43,44)45/h1-11H. The summed E-state index contributed by atoms with van der Waals surface area (Å²) in [5, 5.41) is 0. The molecule has 0 amide bonds. The molecule has 2 aromatic rings. The van der Waals surface area contributed by atoms with E-state index in [9.17, 15) is 92.2 Å². The highest BCUT2D eigenvalue weighted by Gasteiger charge is 2.97. The van der Waals surface area contributed by atoms with E-state index in [0.29, 0.717) is 0 Å². The van der Waals surface area contributed by atoms with Crippen molar-refractivity contribution in [2.45, 2.75) is 59.5 Å². The van der Waals surface area contributed by atoms with E-state index in [2.05, 4.69) is 0 Å². The smallest absolute Gasteiger partial charge is 0.195 e. The quantitative estimate of drug-likeness (QED) is 0.205. The number of hydrogen-bond donors (Lipinski definition) is 0. The highest BCUT2D eigenvalue weighted by Crippen LogP contribution is 2.66. The van der Waals surface area contributed by atoms with Crippen molar-refractivity contribution in [2.75, 3.05) is 0 Å². The third kappa shape index (κ3) is 5.36. The normalized spacial score (nSPS) is 15.2. The van der Waals surface area contributed by atoms with Gasteiger partial charge in [0, 0.05) is 0 Å². The Labute approximate surface area is 236 Å². The predicted molar refractivity (Wildman–Crippen MR) is 111 cm³/mol. The lowest BCUT2D eigenvalue weighted by Crippen LogP contribution is -2.76. The summed E-state index contributed by atoms with van der Waals surface area (Å²) in [6.45, 7) is 0. The molecule has 0 spiro atoms. The van der Waals surface area contributed by atoms with Crippen molar-refractivity contribution in [3.05, 3.63) is 77.9 Å². The molecule has 0 radical (unpaired) electrons. The molecule has 2 aromatic carbocycles. The molecule has 0 nitrogen and oxygen atoms in total. The van der Waals surface area contributed by atoms with Gasteiger partial charge in [-0.05, 0) is 22.8 Å². The lowest BCUT2D eigenvalue weighted by Gasteiger charge is -2.44. The van der Waals surface area contributed by atoms with E-state index in [-0.39, 0.29) is 0 Å². The van der Waals surface area contributed by atoms with Crippen LogP contribution in [0.25, 0.3) is 5.57 Å². The fourth-order valence-electron chi connectivity index (χ4n) is 3.41. The largest absolute Gasteiger partial charge is 0.460 e. The van der Waals surface area contributed by atoms with Crippen LogP contribution in [0.1, 0.15) is 11.1 Å². The zero-order chi connectivity index (χ0) is 35.5. The van der Waals surface area contributed by atoms with Gasteiger partial charge in [-0.15, -0.1) is 0 Å². The van der Waals surface area contributed by atoms with E-state index in [0.717, 1.165) is 48.5 Å². The van der Waals surface area contributed by atoms with Crippen molar-refractivity contribution in [2.24, 2.45) is 0 Å². The van der Waals surface area contributed by atoms with Gasteiger partial charge in [0.25, 0.3) is 0 Å². The summed E-state index contributed by atoms with van der Waals surface area (Å²) in [5.41, 5.74) is -2.41. The summed E-state index contributed by atoms with van der Waals surface area (Å²) < 4.78 is 287. The van der Waals surface area contributed by atoms with Crippen LogP contribution in [0.15, 0.2) is 66.7 Å². The van der Waals surface area contributed by atoms with Crippen LogP contribution in [-0.4, -0.2) is 59.5 Å². The van der Waals surface area contributed by atoms with Crippen LogP contribution in [-0.2, 0) is 0 Å². The van der Waals surface area contributed by atoms with Crippen molar-refractivity contribution in [3.8, 4) is 0 Å².